The Kier molecular flexibility index (Phi) is 4.50. The van der Waals surface area contributed by atoms with Crippen molar-refractivity contribution in [2.45, 2.75) is 31.8 Å². The van der Waals surface area contributed by atoms with Crippen molar-refractivity contribution in [3.63, 3.8) is 0 Å². The molecule has 0 aromatic carbocycles. The number of carbonyl (C=O) groups is 1. The number of aryl methyl sites for hydroxylation is 1. The zero-order chi connectivity index (χ0) is 20.8. The summed E-state index contributed by atoms with van der Waals surface area (Å²) < 4.78 is 9.25. The molecule has 0 bridgehead atoms. The fourth-order valence-electron chi connectivity index (χ4n) is 4.11. The Labute approximate surface area is 173 Å². The normalized spacial score (nSPS) is 18.8. The third-order valence-corrected chi connectivity index (χ3v) is 5.77. The van der Waals surface area contributed by atoms with Gasteiger partial charge in [0.15, 0.2) is 5.82 Å². The minimum absolute atomic E-state index is 0.254. The summed E-state index contributed by atoms with van der Waals surface area (Å²) in [5.41, 5.74) is 1.07. The molecule has 10 nitrogen and oxygen atoms in total. The number of carbonyl (C=O) groups excluding carboxylic acids is 1. The number of aromatic nitrogens is 6. The van der Waals surface area contributed by atoms with E-state index in [4.69, 9.17) is 4.74 Å². The van der Waals surface area contributed by atoms with Crippen molar-refractivity contribution in [1.29, 1.82) is 0 Å². The fourth-order valence-corrected chi connectivity index (χ4v) is 4.11. The number of hydrogen-bond donors (Lipinski definition) is 1. The summed E-state index contributed by atoms with van der Waals surface area (Å²) in [6.45, 7) is 3.95. The van der Waals surface area contributed by atoms with Crippen molar-refractivity contribution in [3.8, 4) is 17.4 Å². The molecule has 2 aliphatic heterocycles. The third-order valence-electron chi connectivity index (χ3n) is 5.77. The topological polar surface area (TPSA) is 103 Å². The molecular weight excluding hydrogens is 384 g/mol. The van der Waals surface area contributed by atoms with Gasteiger partial charge in [-0.2, -0.15) is 0 Å². The van der Waals surface area contributed by atoms with Gasteiger partial charge >= 0.3 is 0 Å². The molecule has 1 N–H and O–H groups in total. The summed E-state index contributed by atoms with van der Waals surface area (Å²) in [6, 6.07) is 6.08. The maximum absolute atomic E-state index is 12.9. The van der Waals surface area contributed by atoms with Gasteiger partial charge in [-0.25, -0.2) is 4.98 Å². The predicted octanol–water partition coefficient (Wildman–Crippen LogP) is 1.79. The lowest BCUT2D eigenvalue weighted by Gasteiger charge is -2.35. The lowest BCUT2D eigenvalue weighted by Crippen LogP contribution is -2.45. The summed E-state index contributed by atoms with van der Waals surface area (Å²) in [4.78, 5) is 19.7. The molecular formula is C20H24N8O2. The number of pyridine rings is 1. The first-order valence-corrected chi connectivity index (χ1v) is 10.1. The second-order valence-electron chi connectivity index (χ2n) is 7.97. The van der Waals surface area contributed by atoms with E-state index < -0.39 is 0 Å². The van der Waals surface area contributed by atoms with Crippen LogP contribution in [-0.2, 0) is 6.42 Å². The molecule has 0 aliphatic carbocycles. The van der Waals surface area contributed by atoms with Crippen LogP contribution in [0.5, 0.6) is 5.88 Å². The van der Waals surface area contributed by atoms with E-state index in [-0.39, 0.29) is 11.9 Å². The van der Waals surface area contributed by atoms with Gasteiger partial charge in [0.05, 0.1) is 13.2 Å². The van der Waals surface area contributed by atoms with Crippen molar-refractivity contribution in [2.24, 2.45) is 0 Å². The van der Waals surface area contributed by atoms with Gasteiger partial charge in [-0.05, 0) is 32.5 Å². The predicted molar refractivity (Wildman–Crippen MR) is 110 cm³/mol. The van der Waals surface area contributed by atoms with E-state index in [2.05, 4.69) is 49.0 Å². The third kappa shape index (κ3) is 3.13. The minimum Gasteiger partial charge on any atom is -0.479 e. The maximum Gasteiger partial charge on any atom is 0.263 e. The molecule has 156 valence electrons. The summed E-state index contributed by atoms with van der Waals surface area (Å²) in [5.74, 6) is 2.15. The molecule has 0 saturated carbocycles. The average Bonchev–Trinajstić information content (AvgIpc) is 3.42. The number of ether oxygens (including phenoxy) is 1. The number of likely N-dealkylation sites (N-methyl/N-ethyl adjacent to an activating group) is 1. The second-order valence-corrected chi connectivity index (χ2v) is 7.97. The largest absolute Gasteiger partial charge is 0.479 e. The van der Waals surface area contributed by atoms with Gasteiger partial charge in [-0.1, -0.05) is 6.07 Å². The highest BCUT2D eigenvalue weighted by Gasteiger charge is 2.29. The quantitative estimate of drug-likeness (QED) is 0.686. The first-order chi connectivity index (χ1) is 14.5. The molecule has 1 saturated heterocycles. The SMILES string of the molecule is COc1nn(C2CN(C)C2)cc1C(=O)Nc1cccc(-c2nnc3n2[C@@H](C)CC3)n1. The molecule has 30 heavy (non-hydrogen) atoms. The molecule has 0 unspecified atom stereocenters. The second kappa shape index (κ2) is 7.21. The standard InChI is InChI=1S/C20H24N8O2/c1-12-7-8-17-23-24-18(28(12)17)15-5-4-6-16(21-15)22-19(29)14-11-27(25-20(14)30-3)13-9-26(2)10-13/h4-6,11-13H,7-10H2,1-3H3,(H,21,22,29)/t12-/m0/s1. The van der Waals surface area contributed by atoms with Gasteiger partial charge in [-0.3, -0.25) is 9.48 Å². The van der Waals surface area contributed by atoms with E-state index >= 15 is 0 Å². The Morgan fingerprint density at radius 2 is 2.10 bits per heavy atom. The summed E-state index contributed by atoms with van der Waals surface area (Å²) in [5, 5.41) is 15.9. The molecule has 3 aromatic rings. The van der Waals surface area contributed by atoms with E-state index in [0.717, 1.165) is 37.6 Å². The summed E-state index contributed by atoms with van der Waals surface area (Å²) >= 11 is 0. The summed E-state index contributed by atoms with van der Waals surface area (Å²) in [6.07, 6.45) is 3.71. The Hall–Kier alpha value is -3.27. The van der Waals surface area contributed by atoms with Crippen molar-refractivity contribution in [1.82, 2.24) is 34.4 Å². The van der Waals surface area contributed by atoms with E-state index in [1.165, 1.54) is 7.11 Å². The number of nitrogens with zero attached hydrogens (tertiary/aromatic N) is 7. The number of rotatable bonds is 5. The highest BCUT2D eigenvalue weighted by molar-refractivity contribution is 6.05. The van der Waals surface area contributed by atoms with Crippen LogP contribution < -0.4 is 10.1 Å². The zero-order valence-electron chi connectivity index (χ0n) is 17.2. The average molecular weight is 408 g/mol. The van der Waals surface area contributed by atoms with Gasteiger partial charge in [0, 0.05) is 31.7 Å². The van der Waals surface area contributed by atoms with Crippen LogP contribution in [0, 0.1) is 0 Å². The van der Waals surface area contributed by atoms with E-state index in [1.54, 1.807) is 16.9 Å². The first-order valence-electron chi connectivity index (χ1n) is 10.1. The van der Waals surface area contributed by atoms with Crippen LogP contribution in [0.1, 0.15) is 41.6 Å². The number of hydrogen-bond acceptors (Lipinski definition) is 7. The fraction of sp³-hybridized carbons (Fsp3) is 0.450. The van der Waals surface area contributed by atoms with Gasteiger partial charge in [-0.15, -0.1) is 15.3 Å². The number of amides is 1. The number of methoxy groups -OCH3 is 1. The zero-order valence-corrected chi connectivity index (χ0v) is 17.2. The summed E-state index contributed by atoms with van der Waals surface area (Å²) in [7, 11) is 3.57. The highest BCUT2D eigenvalue weighted by Crippen LogP contribution is 2.30. The Morgan fingerprint density at radius 1 is 1.27 bits per heavy atom. The molecule has 1 amide bonds. The van der Waals surface area contributed by atoms with E-state index in [1.807, 2.05) is 12.1 Å². The van der Waals surface area contributed by atoms with Crippen LogP contribution in [0.15, 0.2) is 24.4 Å². The number of likely N-dealkylation sites (tertiary alicyclic amines) is 1. The minimum atomic E-state index is -0.310. The van der Waals surface area contributed by atoms with Gasteiger partial charge in [0.25, 0.3) is 5.91 Å². The Morgan fingerprint density at radius 3 is 2.87 bits per heavy atom. The molecule has 1 atom stereocenters. The molecule has 2 aliphatic rings. The molecule has 1 fully saturated rings. The molecule has 0 radical (unpaired) electrons. The lowest BCUT2D eigenvalue weighted by molar-refractivity contribution is 0.102. The Balaban J connectivity index is 1.38. The molecule has 0 spiro atoms. The van der Waals surface area contributed by atoms with Crippen LogP contribution in [-0.4, -0.2) is 67.6 Å². The monoisotopic (exact) mass is 408 g/mol. The van der Waals surface area contributed by atoms with Crippen LogP contribution in [0.2, 0.25) is 0 Å². The van der Waals surface area contributed by atoms with Crippen molar-refractivity contribution >= 4 is 11.7 Å². The van der Waals surface area contributed by atoms with E-state index in [9.17, 15) is 4.79 Å². The smallest absolute Gasteiger partial charge is 0.263 e. The number of fused-ring (bicyclic) bond motifs is 1. The lowest BCUT2D eigenvalue weighted by atomic mass is 10.1. The molecule has 3 aromatic heterocycles. The van der Waals surface area contributed by atoms with Crippen molar-refractivity contribution < 1.29 is 9.53 Å². The maximum atomic E-state index is 12.9. The van der Waals surface area contributed by atoms with Crippen molar-refractivity contribution in [2.75, 3.05) is 32.6 Å². The van der Waals surface area contributed by atoms with Crippen LogP contribution >= 0.6 is 0 Å². The van der Waals surface area contributed by atoms with Gasteiger partial charge in [0.1, 0.15) is 22.9 Å². The van der Waals surface area contributed by atoms with Crippen LogP contribution in [0.25, 0.3) is 11.5 Å². The number of nitrogens with one attached hydrogen (secondary N) is 1. The van der Waals surface area contributed by atoms with Gasteiger partial charge in [0.2, 0.25) is 5.88 Å². The highest BCUT2D eigenvalue weighted by atomic mass is 16.5. The van der Waals surface area contributed by atoms with Gasteiger partial charge < -0.3 is 19.5 Å². The van der Waals surface area contributed by atoms with Crippen LogP contribution in [0.4, 0.5) is 5.82 Å². The molecule has 5 heterocycles. The van der Waals surface area contributed by atoms with Crippen molar-refractivity contribution in [3.05, 3.63) is 35.8 Å². The molecule has 5 rings (SSSR count). The number of anilines is 1. The van der Waals surface area contributed by atoms with Crippen LogP contribution in [0.3, 0.4) is 0 Å². The first kappa shape index (κ1) is 18.7. The van der Waals surface area contributed by atoms with E-state index in [0.29, 0.717) is 29.0 Å². The molecule has 10 heteroatoms. The Bertz CT molecular complexity index is 1100.